The minimum absolute atomic E-state index is 0.367. The fourth-order valence-corrected chi connectivity index (χ4v) is 2.14. The quantitative estimate of drug-likeness (QED) is 0.878. The van der Waals surface area contributed by atoms with Gasteiger partial charge >= 0.3 is 5.97 Å². The average molecular weight is 241 g/mol. The van der Waals surface area contributed by atoms with Crippen LogP contribution in [0.2, 0.25) is 0 Å². The summed E-state index contributed by atoms with van der Waals surface area (Å²) >= 11 is 0. The Balaban J connectivity index is 2.00. The molecular formula is C12H13F2NO2. The molecule has 0 aliphatic carbocycles. The van der Waals surface area contributed by atoms with Gasteiger partial charge in [0.15, 0.2) is 0 Å². The Labute approximate surface area is 97.7 Å². The van der Waals surface area contributed by atoms with Gasteiger partial charge in [-0.3, -0.25) is 9.69 Å². The molecular weight excluding hydrogens is 228 g/mol. The van der Waals surface area contributed by atoms with Crippen molar-refractivity contribution in [2.45, 2.75) is 13.0 Å². The summed E-state index contributed by atoms with van der Waals surface area (Å²) in [6.07, 6.45) is 0.590. The average Bonchev–Trinajstić information content (AvgIpc) is 2.64. The van der Waals surface area contributed by atoms with Crippen molar-refractivity contribution in [2.24, 2.45) is 5.92 Å². The second kappa shape index (κ2) is 4.79. The van der Waals surface area contributed by atoms with Gasteiger partial charge in [-0.1, -0.05) is 0 Å². The fraction of sp³-hybridized carbons (Fsp3) is 0.417. The molecule has 1 saturated heterocycles. The van der Waals surface area contributed by atoms with Crippen LogP contribution in [0.3, 0.4) is 0 Å². The van der Waals surface area contributed by atoms with Crippen molar-refractivity contribution < 1.29 is 18.7 Å². The number of halogens is 2. The molecule has 17 heavy (non-hydrogen) atoms. The topological polar surface area (TPSA) is 40.5 Å². The summed E-state index contributed by atoms with van der Waals surface area (Å²) in [6.45, 7) is 1.47. The van der Waals surface area contributed by atoms with Crippen LogP contribution >= 0.6 is 0 Å². The van der Waals surface area contributed by atoms with Gasteiger partial charge in [-0.2, -0.15) is 0 Å². The highest BCUT2D eigenvalue weighted by molar-refractivity contribution is 5.70. The molecule has 2 rings (SSSR count). The highest BCUT2D eigenvalue weighted by Gasteiger charge is 2.27. The van der Waals surface area contributed by atoms with Crippen molar-refractivity contribution in [3.63, 3.8) is 0 Å². The maximum absolute atomic E-state index is 13.0. The van der Waals surface area contributed by atoms with Crippen LogP contribution < -0.4 is 0 Å². The molecule has 0 aromatic heterocycles. The first kappa shape index (κ1) is 12.0. The maximum atomic E-state index is 13.0. The Morgan fingerprint density at radius 1 is 1.35 bits per heavy atom. The third kappa shape index (κ3) is 3.00. The number of benzene rings is 1. The van der Waals surface area contributed by atoms with Gasteiger partial charge in [-0.15, -0.1) is 0 Å². The van der Waals surface area contributed by atoms with Gasteiger partial charge in [-0.05, 0) is 30.7 Å². The molecule has 1 aliphatic heterocycles. The number of hydrogen-bond acceptors (Lipinski definition) is 2. The van der Waals surface area contributed by atoms with Crippen molar-refractivity contribution in [3.8, 4) is 0 Å². The number of carboxylic acid groups (broad SMARTS) is 1. The molecule has 5 heteroatoms. The summed E-state index contributed by atoms with van der Waals surface area (Å²) in [7, 11) is 0. The van der Waals surface area contributed by atoms with Crippen LogP contribution in [0.1, 0.15) is 12.0 Å². The molecule has 0 radical (unpaired) electrons. The largest absolute Gasteiger partial charge is 0.481 e. The smallest absolute Gasteiger partial charge is 0.307 e. The van der Waals surface area contributed by atoms with Crippen LogP contribution in [0.5, 0.6) is 0 Å². The van der Waals surface area contributed by atoms with Gasteiger partial charge in [0, 0.05) is 19.2 Å². The number of carbonyl (C=O) groups is 1. The summed E-state index contributed by atoms with van der Waals surface area (Å²) in [5.74, 6) is -2.38. The lowest BCUT2D eigenvalue weighted by Gasteiger charge is -2.15. The van der Waals surface area contributed by atoms with Crippen molar-refractivity contribution in [1.82, 2.24) is 4.90 Å². The number of nitrogens with zero attached hydrogens (tertiary/aromatic N) is 1. The molecule has 0 saturated carbocycles. The zero-order valence-electron chi connectivity index (χ0n) is 9.20. The molecule has 1 N–H and O–H groups in total. The zero-order chi connectivity index (χ0) is 12.4. The lowest BCUT2D eigenvalue weighted by atomic mass is 10.1. The van der Waals surface area contributed by atoms with E-state index in [0.717, 1.165) is 6.07 Å². The maximum Gasteiger partial charge on any atom is 0.307 e. The first-order valence-electron chi connectivity index (χ1n) is 5.45. The predicted molar refractivity (Wildman–Crippen MR) is 57.4 cm³/mol. The summed E-state index contributed by atoms with van der Waals surface area (Å²) in [5.41, 5.74) is 0.536. The van der Waals surface area contributed by atoms with E-state index in [-0.39, 0.29) is 5.92 Å². The third-order valence-electron chi connectivity index (χ3n) is 2.95. The minimum Gasteiger partial charge on any atom is -0.481 e. The SMILES string of the molecule is O=C(O)C1CCN(Cc2cc(F)cc(F)c2)C1. The van der Waals surface area contributed by atoms with Gasteiger partial charge in [0.2, 0.25) is 0 Å². The van der Waals surface area contributed by atoms with E-state index in [1.807, 2.05) is 4.90 Å². The van der Waals surface area contributed by atoms with Crippen LogP contribution in [-0.4, -0.2) is 29.1 Å². The minimum atomic E-state index is -0.807. The molecule has 0 amide bonds. The number of hydrogen-bond donors (Lipinski definition) is 1. The summed E-state index contributed by atoms with van der Waals surface area (Å²) < 4.78 is 25.9. The lowest BCUT2D eigenvalue weighted by molar-refractivity contribution is -0.141. The third-order valence-corrected chi connectivity index (χ3v) is 2.95. The second-order valence-corrected chi connectivity index (χ2v) is 4.34. The standard InChI is InChI=1S/C12H13F2NO2/c13-10-3-8(4-11(14)5-10)6-15-2-1-9(7-15)12(16)17/h3-5,9H,1-2,6-7H2,(H,16,17). The van der Waals surface area contributed by atoms with Crippen molar-refractivity contribution in [1.29, 1.82) is 0 Å². The Morgan fingerprint density at radius 3 is 2.53 bits per heavy atom. The van der Waals surface area contributed by atoms with Crippen LogP contribution in [0.15, 0.2) is 18.2 Å². The van der Waals surface area contributed by atoms with Gasteiger partial charge in [0.1, 0.15) is 11.6 Å². The Kier molecular flexibility index (Phi) is 3.38. The lowest BCUT2D eigenvalue weighted by Crippen LogP contribution is -2.22. The van der Waals surface area contributed by atoms with E-state index in [0.29, 0.717) is 31.6 Å². The van der Waals surface area contributed by atoms with Crippen LogP contribution in [-0.2, 0) is 11.3 Å². The molecule has 1 aliphatic rings. The van der Waals surface area contributed by atoms with Crippen molar-refractivity contribution in [3.05, 3.63) is 35.4 Å². The van der Waals surface area contributed by atoms with E-state index in [9.17, 15) is 13.6 Å². The number of likely N-dealkylation sites (tertiary alicyclic amines) is 1. The molecule has 3 nitrogen and oxygen atoms in total. The Hall–Kier alpha value is -1.49. The number of rotatable bonds is 3. The van der Waals surface area contributed by atoms with Crippen LogP contribution in [0, 0.1) is 17.6 Å². The molecule has 0 spiro atoms. The number of aliphatic carboxylic acids is 1. The monoisotopic (exact) mass is 241 g/mol. The van der Waals surface area contributed by atoms with Gasteiger partial charge in [0.25, 0.3) is 0 Å². The second-order valence-electron chi connectivity index (χ2n) is 4.34. The molecule has 0 bridgehead atoms. The highest BCUT2D eigenvalue weighted by atomic mass is 19.1. The van der Waals surface area contributed by atoms with E-state index >= 15 is 0 Å². The highest BCUT2D eigenvalue weighted by Crippen LogP contribution is 2.19. The molecule has 1 atom stereocenters. The summed E-state index contributed by atoms with van der Waals surface area (Å²) in [4.78, 5) is 12.7. The van der Waals surface area contributed by atoms with Crippen LogP contribution in [0.25, 0.3) is 0 Å². The van der Waals surface area contributed by atoms with E-state index in [4.69, 9.17) is 5.11 Å². The normalized spacial score (nSPS) is 20.7. The number of carboxylic acids is 1. The van der Waals surface area contributed by atoms with Crippen molar-refractivity contribution in [2.75, 3.05) is 13.1 Å². The predicted octanol–water partition coefficient (Wildman–Crippen LogP) is 1.87. The van der Waals surface area contributed by atoms with Crippen molar-refractivity contribution >= 4 is 5.97 Å². The first-order chi connectivity index (χ1) is 8.04. The molecule has 92 valence electrons. The fourth-order valence-electron chi connectivity index (χ4n) is 2.14. The molecule has 1 unspecified atom stereocenters. The summed E-state index contributed by atoms with van der Waals surface area (Å²) in [6, 6.07) is 3.38. The zero-order valence-corrected chi connectivity index (χ0v) is 9.20. The van der Waals surface area contributed by atoms with E-state index in [1.54, 1.807) is 0 Å². The Morgan fingerprint density at radius 2 is 2.00 bits per heavy atom. The molecule has 1 aromatic rings. The Bertz CT molecular complexity index is 416. The molecule has 1 aromatic carbocycles. The summed E-state index contributed by atoms with van der Waals surface area (Å²) in [5, 5.41) is 8.84. The van der Waals surface area contributed by atoms with Crippen LogP contribution in [0.4, 0.5) is 8.78 Å². The van der Waals surface area contributed by atoms with Gasteiger partial charge in [0.05, 0.1) is 5.92 Å². The van der Waals surface area contributed by atoms with E-state index < -0.39 is 17.6 Å². The molecule has 1 fully saturated rings. The first-order valence-corrected chi connectivity index (χ1v) is 5.45. The van der Waals surface area contributed by atoms with E-state index in [1.165, 1.54) is 12.1 Å². The van der Waals surface area contributed by atoms with Gasteiger partial charge < -0.3 is 5.11 Å². The van der Waals surface area contributed by atoms with Gasteiger partial charge in [-0.25, -0.2) is 8.78 Å². The van der Waals surface area contributed by atoms with E-state index in [2.05, 4.69) is 0 Å². The molecule has 1 heterocycles.